The van der Waals surface area contributed by atoms with Crippen molar-refractivity contribution in [2.45, 2.75) is 32.2 Å². The molecule has 0 aromatic heterocycles. The number of hydrogen-bond acceptors (Lipinski definition) is 3. The average molecular weight is 297 g/mol. The lowest BCUT2D eigenvalue weighted by atomic mass is 9.93. The summed E-state index contributed by atoms with van der Waals surface area (Å²) in [6.45, 7) is 3.42. The van der Waals surface area contributed by atoms with E-state index in [9.17, 15) is 13.6 Å². The summed E-state index contributed by atoms with van der Waals surface area (Å²) in [5, 5.41) is 9.02. The highest BCUT2D eigenvalue weighted by molar-refractivity contribution is 6.00. The zero-order valence-corrected chi connectivity index (χ0v) is 12.2. The number of likely N-dealkylation sites (tertiary alicyclic amines) is 1. The molecule has 116 valence electrons. The SMILES string of the molecule is CC(C(=O)c1ccc(F)cc1F)N1CCCC(CCO)C1. The maximum Gasteiger partial charge on any atom is 0.182 e. The number of benzene rings is 1. The van der Waals surface area contributed by atoms with E-state index < -0.39 is 17.7 Å². The highest BCUT2D eigenvalue weighted by atomic mass is 19.1. The van der Waals surface area contributed by atoms with Gasteiger partial charge < -0.3 is 5.11 Å². The van der Waals surface area contributed by atoms with Crippen molar-refractivity contribution in [2.75, 3.05) is 19.7 Å². The fourth-order valence-corrected chi connectivity index (χ4v) is 2.95. The van der Waals surface area contributed by atoms with Crippen LogP contribution in [0.15, 0.2) is 18.2 Å². The van der Waals surface area contributed by atoms with Gasteiger partial charge in [0.25, 0.3) is 0 Å². The fourth-order valence-electron chi connectivity index (χ4n) is 2.95. The van der Waals surface area contributed by atoms with Gasteiger partial charge in [-0.15, -0.1) is 0 Å². The van der Waals surface area contributed by atoms with Crippen LogP contribution in [0.5, 0.6) is 0 Å². The van der Waals surface area contributed by atoms with E-state index in [0.717, 1.165) is 44.5 Å². The summed E-state index contributed by atoms with van der Waals surface area (Å²) in [5.41, 5.74) is -0.0619. The first-order valence-electron chi connectivity index (χ1n) is 7.37. The summed E-state index contributed by atoms with van der Waals surface area (Å²) in [6, 6.07) is 2.61. The Morgan fingerprint density at radius 1 is 1.48 bits per heavy atom. The third-order valence-electron chi connectivity index (χ3n) is 4.21. The van der Waals surface area contributed by atoms with E-state index in [4.69, 9.17) is 5.11 Å². The normalized spacial score (nSPS) is 21.2. The van der Waals surface area contributed by atoms with Gasteiger partial charge in [-0.1, -0.05) is 0 Å². The van der Waals surface area contributed by atoms with E-state index in [1.54, 1.807) is 6.92 Å². The molecule has 0 amide bonds. The summed E-state index contributed by atoms with van der Waals surface area (Å²) in [6.07, 6.45) is 2.74. The molecule has 1 saturated heterocycles. The molecule has 1 aromatic rings. The minimum absolute atomic E-state index is 0.0619. The van der Waals surface area contributed by atoms with Crippen molar-refractivity contribution in [1.29, 1.82) is 0 Å². The molecule has 1 aliphatic heterocycles. The van der Waals surface area contributed by atoms with Crippen molar-refractivity contribution >= 4 is 5.78 Å². The molecule has 0 spiro atoms. The van der Waals surface area contributed by atoms with Crippen LogP contribution in [-0.4, -0.2) is 41.5 Å². The first kappa shape index (κ1) is 16.0. The molecule has 2 unspecified atom stereocenters. The molecule has 1 aliphatic rings. The minimum atomic E-state index is -0.809. The summed E-state index contributed by atoms with van der Waals surface area (Å²) in [7, 11) is 0. The zero-order valence-electron chi connectivity index (χ0n) is 12.2. The number of carbonyl (C=O) groups is 1. The number of piperidine rings is 1. The van der Waals surface area contributed by atoms with Crippen LogP contribution in [-0.2, 0) is 0 Å². The third kappa shape index (κ3) is 3.86. The van der Waals surface area contributed by atoms with Gasteiger partial charge in [-0.25, -0.2) is 8.78 Å². The molecule has 3 nitrogen and oxygen atoms in total. The number of Topliss-reactive ketones (excluding diaryl/α,β-unsaturated/α-hetero) is 1. The summed E-state index contributed by atoms with van der Waals surface area (Å²) < 4.78 is 26.6. The van der Waals surface area contributed by atoms with E-state index in [1.807, 2.05) is 4.90 Å². The first-order chi connectivity index (χ1) is 10.0. The van der Waals surface area contributed by atoms with Crippen LogP contribution in [0.25, 0.3) is 0 Å². The molecule has 0 bridgehead atoms. The first-order valence-corrected chi connectivity index (χ1v) is 7.37. The molecule has 0 aliphatic carbocycles. The number of aliphatic hydroxyl groups excluding tert-OH is 1. The smallest absolute Gasteiger partial charge is 0.182 e. The van der Waals surface area contributed by atoms with E-state index in [1.165, 1.54) is 6.07 Å². The lowest BCUT2D eigenvalue weighted by Gasteiger charge is -2.36. The summed E-state index contributed by atoms with van der Waals surface area (Å²) in [4.78, 5) is 14.4. The van der Waals surface area contributed by atoms with Gasteiger partial charge in [0, 0.05) is 19.2 Å². The number of nitrogens with zero attached hydrogens (tertiary/aromatic N) is 1. The van der Waals surface area contributed by atoms with E-state index in [-0.39, 0.29) is 18.0 Å². The van der Waals surface area contributed by atoms with Gasteiger partial charge in [-0.3, -0.25) is 9.69 Å². The van der Waals surface area contributed by atoms with Gasteiger partial charge in [-0.05, 0) is 50.8 Å². The third-order valence-corrected chi connectivity index (χ3v) is 4.21. The predicted octanol–water partition coefficient (Wildman–Crippen LogP) is 2.63. The molecule has 5 heteroatoms. The number of ketones is 1. The molecule has 0 radical (unpaired) electrons. The average Bonchev–Trinajstić information content (AvgIpc) is 2.46. The topological polar surface area (TPSA) is 40.5 Å². The zero-order chi connectivity index (χ0) is 15.4. The quantitative estimate of drug-likeness (QED) is 0.849. The number of aliphatic hydroxyl groups is 1. The van der Waals surface area contributed by atoms with Gasteiger partial charge in [0.1, 0.15) is 11.6 Å². The lowest BCUT2D eigenvalue weighted by molar-refractivity contribution is 0.0724. The standard InChI is InChI=1S/C16H21F2NO2/c1-11(19-7-2-3-12(10-19)6-8-20)16(21)14-5-4-13(17)9-15(14)18/h4-5,9,11-12,20H,2-3,6-8,10H2,1H3. The number of carbonyl (C=O) groups excluding carboxylic acids is 1. The molecular weight excluding hydrogens is 276 g/mol. The molecule has 21 heavy (non-hydrogen) atoms. The van der Waals surface area contributed by atoms with Gasteiger partial charge in [0.2, 0.25) is 0 Å². The number of hydrogen-bond donors (Lipinski definition) is 1. The van der Waals surface area contributed by atoms with Crippen LogP contribution in [0, 0.1) is 17.6 Å². The molecule has 1 aromatic carbocycles. The number of halogens is 2. The maximum absolute atomic E-state index is 13.7. The highest BCUT2D eigenvalue weighted by Crippen LogP contribution is 2.23. The van der Waals surface area contributed by atoms with Gasteiger partial charge in [-0.2, -0.15) is 0 Å². The molecular formula is C16H21F2NO2. The van der Waals surface area contributed by atoms with Crippen molar-refractivity contribution in [1.82, 2.24) is 4.90 Å². The van der Waals surface area contributed by atoms with E-state index in [2.05, 4.69) is 0 Å². The van der Waals surface area contributed by atoms with Crippen LogP contribution in [0.3, 0.4) is 0 Å². The van der Waals surface area contributed by atoms with Crippen molar-refractivity contribution in [3.63, 3.8) is 0 Å². The predicted molar refractivity (Wildman–Crippen MR) is 76.2 cm³/mol. The Morgan fingerprint density at radius 2 is 2.24 bits per heavy atom. The van der Waals surface area contributed by atoms with Gasteiger partial charge in [0.15, 0.2) is 5.78 Å². The Hall–Kier alpha value is -1.33. The molecule has 1 fully saturated rings. The highest BCUT2D eigenvalue weighted by Gasteiger charge is 2.28. The second-order valence-corrected chi connectivity index (χ2v) is 5.68. The molecule has 2 atom stereocenters. The molecule has 2 rings (SSSR count). The molecule has 0 saturated carbocycles. The maximum atomic E-state index is 13.7. The Morgan fingerprint density at radius 3 is 2.90 bits per heavy atom. The van der Waals surface area contributed by atoms with Gasteiger partial charge in [0.05, 0.1) is 11.6 Å². The monoisotopic (exact) mass is 297 g/mol. The Bertz CT molecular complexity index is 505. The second-order valence-electron chi connectivity index (χ2n) is 5.68. The minimum Gasteiger partial charge on any atom is -0.396 e. The van der Waals surface area contributed by atoms with E-state index >= 15 is 0 Å². The Balaban J connectivity index is 2.07. The fraction of sp³-hybridized carbons (Fsp3) is 0.562. The Labute approximate surface area is 123 Å². The largest absolute Gasteiger partial charge is 0.396 e. The number of rotatable bonds is 5. The van der Waals surface area contributed by atoms with Crippen molar-refractivity contribution < 1.29 is 18.7 Å². The summed E-state index contributed by atoms with van der Waals surface area (Å²) >= 11 is 0. The van der Waals surface area contributed by atoms with Crippen LogP contribution >= 0.6 is 0 Å². The molecule has 1 heterocycles. The van der Waals surface area contributed by atoms with Crippen LogP contribution in [0.2, 0.25) is 0 Å². The second kappa shape index (κ2) is 7.09. The van der Waals surface area contributed by atoms with Crippen molar-refractivity contribution in [3.8, 4) is 0 Å². The van der Waals surface area contributed by atoms with Gasteiger partial charge >= 0.3 is 0 Å². The molecule has 1 N–H and O–H groups in total. The summed E-state index contributed by atoms with van der Waals surface area (Å²) in [5.74, 6) is -1.44. The van der Waals surface area contributed by atoms with Crippen LogP contribution in [0.4, 0.5) is 8.78 Å². The van der Waals surface area contributed by atoms with Crippen LogP contribution in [0.1, 0.15) is 36.5 Å². The Kier molecular flexibility index (Phi) is 5.42. The van der Waals surface area contributed by atoms with Crippen molar-refractivity contribution in [2.24, 2.45) is 5.92 Å². The van der Waals surface area contributed by atoms with E-state index in [0.29, 0.717) is 5.92 Å². The lowest BCUT2D eigenvalue weighted by Crippen LogP contribution is -2.45. The van der Waals surface area contributed by atoms with Crippen LogP contribution < -0.4 is 0 Å². The van der Waals surface area contributed by atoms with Crippen molar-refractivity contribution in [3.05, 3.63) is 35.4 Å².